The third-order valence-corrected chi connectivity index (χ3v) is 3.95. The molecule has 106 valence electrons. The lowest BCUT2D eigenvalue weighted by Crippen LogP contribution is -2.27. The molecular weight excluding hydrogens is 238 g/mol. The van der Waals surface area contributed by atoms with E-state index >= 15 is 0 Å². The summed E-state index contributed by atoms with van der Waals surface area (Å²) in [7, 11) is 1.65. The molecule has 1 fully saturated rings. The third kappa shape index (κ3) is 3.95. The van der Waals surface area contributed by atoms with Gasteiger partial charge < -0.3 is 15.2 Å². The van der Waals surface area contributed by atoms with Crippen LogP contribution in [0.15, 0.2) is 18.2 Å². The van der Waals surface area contributed by atoms with Crippen LogP contribution in [0.25, 0.3) is 0 Å². The molecule has 0 aromatic heterocycles. The van der Waals surface area contributed by atoms with Crippen molar-refractivity contribution in [2.24, 2.45) is 0 Å². The first-order chi connectivity index (χ1) is 9.20. The van der Waals surface area contributed by atoms with Gasteiger partial charge in [0.15, 0.2) is 0 Å². The van der Waals surface area contributed by atoms with Crippen molar-refractivity contribution in [3.8, 4) is 5.75 Å². The summed E-state index contributed by atoms with van der Waals surface area (Å²) in [6.45, 7) is 2.90. The van der Waals surface area contributed by atoms with Gasteiger partial charge in [0.25, 0.3) is 0 Å². The number of nitrogens with one attached hydrogen (secondary N) is 1. The number of hydrogen-bond acceptors (Lipinski definition) is 3. The van der Waals surface area contributed by atoms with Gasteiger partial charge in [0.1, 0.15) is 5.75 Å². The van der Waals surface area contributed by atoms with Crippen LogP contribution in [-0.2, 0) is 0 Å². The summed E-state index contributed by atoms with van der Waals surface area (Å²) in [6, 6.07) is 6.61. The fourth-order valence-corrected chi connectivity index (χ4v) is 2.82. The van der Waals surface area contributed by atoms with Crippen molar-refractivity contribution >= 4 is 0 Å². The third-order valence-electron chi connectivity index (χ3n) is 3.95. The summed E-state index contributed by atoms with van der Waals surface area (Å²) in [5.41, 5.74) is 2.05. The van der Waals surface area contributed by atoms with Gasteiger partial charge in [-0.05, 0) is 44.9 Å². The number of aryl methyl sites for hydroxylation is 1. The Morgan fingerprint density at radius 1 is 1.37 bits per heavy atom. The Balaban J connectivity index is 1.87. The lowest BCUT2D eigenvalue weighted by Gasteiger charge is -2.17. The van der Waals surface area contributed by atoms with Crippen LogP contribution in [0.5, 0.6) is 5.75 Å². The first kappa shape index (κ1) is 14.4. The van der Waals surface area contributed by atoms with Crippen molar-refractivity contribution in [2.45, 2.75) is 51.2 Å². The molecule has 0 heterocycles. The zero-order valence-corrected chi connectivity index (χ0v) is 12.0. The Morgan fingerprint density at radius 2 is 2.11 bits per heavy atom. The highest BCUT2D eigenvalue weighted by Crippen LogP contribution is 2.28. The smallest absolute Gasteiger partial charge is 0.124 e. The molecule has 1 atom stereocenters. The Bertz CT molecular complexity index is 400. The average molecular weight is 263 g/mol. The molecule has 0 saturated heterocycles. The van der Waals surface area contributed by atoms with Gasteiger partial charge in [-0.25, -0.2) is 0 Å². The maximum absolute atomic E-state index is 10.3. The molecule has 1 unspecified atom stereocenters. The molecule has 1 aromatic carbocycles. The Labute approximate surface area is 116 Å². The highest BCUT2D eigenvalue weighted by atomic mass is 16.5. The quantitative estimate of drug-likeness (QED) is 0.829. The summed E-state index contributed by atoms with van der Waals surface area (Å²) in [4.78, 5) is 0. The second kappa shape index (κ2) is 6.92. The fraction of sp³-hybridized carbons (Fsp3) is 0.625. The van der Waals surface area contributed by atoms with Gasteiger partial charge in [-0.2, -0.15) is 0 Å². The topological polar surface area (TPSA) is 41.5 Å². The van der Waals surface area contributed by atoms with Crippen LogP contribution in [-0.4, -0.2) is 24.8 Å². The van der Waals surface area contributed by atoms with Crippen LogP contribution in [0.1, 0.15) is 49.3 Å². The average Bonchev–Trinajstić information content (AvgIpc) is 2.91. The van der Waals surface area contributed by atoms with Gasteiger partial charge >= 0.3 is 0 Å². The number of aliphatic hydroxyl groups is 1. The van der Waals surface area contributed by atoms with E-state index in [2.05, 4.69) is 5.32 Å². The number of rotatable bonds is 6. The van der Waals surface area contributed by atoms with Crippen molar-refractivity contribution in [2.75, 3.05) is 13.7 Å². The van der Waals surface area contributed by atoms with E-state index < -0.39 is 6.10 Å². The molecule has 19 heavy (non-hydrogen) atoms. The first-order valence-electron chi connectivity index (χ1n) is 7.26. The van der Waals surface area contributed by atoms with Crippen LogP contribution in [0.4, 0.5) is 0 Å². The number of benzene rings is 1. The summed E-state index contributed by atoms with van der Waals surface area (Å²) >= 11 is 0. The van der Waals surface area contributed by atoms with Crippen LogP contribution < -0.4 is 10.1 Å². The molecule has 1 saturated carbocycles. The van der Waals surface area contributed by atoms with Crippen molar-refractivity contribution in [1.82, 2.24) is 5.32 Å². The summed E-state index contributed by atoms with van der Waals surface area (Å²) < 4.78 is 5.32. The van der Waals surface area contributed by atoms with Crippen LogP contribution in [0, 0.1) is 6.92 Å². The second-order valence-corrected chi connectivity index (χ2v) is 5.49. The van der Waals surface area contributed by atoms with Gasteiger partial charge in [0.05, 0.1) is 13.2 Å². The maximum atomic E-state index is 10.3. The Kier molecular flexibility index (Phi) is 5.23. The zero-order chi connectivity index (χ0) is 13.7. The molecule has 3 nitrogen and oxygen atoms in total. The van der Waals surface area contributed by atoms with Gasteiger partial charge in [-0.1, -0.05) is 24.5 Å². The molecule has 1 aromatic rings. The molecule has 3 heteroatoms. The molecule has 1 aliphatic rings. The SMILES string of the molecule is COc1ccc(C)cc1C(O)CCNC1CCCC1. The zero-order valence-electron chi connectivity index (χ0n) is 12.0. The molecule has 0 bridgehead atoms. The normalized spacial score (nSPS) is 17.6. The van der Waals surface area contributed by atoms with Crippen LogP contribution in [0.2, 0.25) is 0 Å². The minimum absolute atomic E-state index is 0.455. The monoisotopic (exact) mass is 263 g/mol. The lowest BCUT2D eigenvalue weighted by molar-refractivity contribution is 0.161. The summed E-state index contributed by atoms with van der Waals surface area (Å²) in [6.07, 6.45) is 5.52. The maximum Gasteiger partial charge on any atom is 0.124 e. The van der Waals surface area contributed by atoms with Gasteiger partial charge in [-0.15, -0.1) is 0 Å². The van der Waals surface area contributed by atoms with E-state index in [1.54, 1.807) is 7.11 Å². The fourth-order valence-electron chi connectivity index (χ4n) is 2.82. The minimum Gasteiger partial charge on any atom is -0.496 e. The van der Waals surface area contributed by atoms with Crippen LogP contribution >= 0.6 is 0 Å². The number of methoxy groups -OCH3 is 1. The molecule has 2 N–H and O–H groups in total. The predicted molar refractivity (Wildman–Crippen MR) is 77.6 cm³/mol. The minimum atomic E-state index is -0.455. The van der Waals surface area contributed by atoms with E-state index in [4.69, 9.17) is 4.74 Å². The predicted octanol–water partition coefficient (Wildman–Crippen LogP) is 2.96. The highest BCUT2D eigenvalue weighted by molar-refractivity contribution is 5.38. The lowest BCUT2D eigenvalue weighted by atomic mass is 10.0. The Morgan fingerprint density at radius 3 is 2.79 bits per heavy atom. The van der Waals surface area contributed by atoms with Crippen molar-refractivity contribution in [3.63, 3.8) is 0 Å². The number of ether oxygens (including phenoxy) is 1. The molecule has 0 spiro atoms. The molecule has 0 aliphatic heterocycles. The summed E-state index contributed by atoms with van der Waals surface area (Å²) in [5.74, 6) is 0.777. The number of hydrogen-bond donors (Lipinski definition) is 2. The van der Waals surface area contributed by atoms with E-state index in [-0.39, 0.29) is 0 Å². The molecular formula is C16H25NO2. The van der Waals surface area contributed by atoms with E-state index in [0.717, 1.165) is 29.8 Å². The number of aliphatic hydroxyl groups excluding tert-OH is 1. The van der Waals surface area contributed by atoms with E-state index in [0.29, 0.717) is 6.04 Å². The van der Waals surface area contributed by atoms with Gasteiger partial charge in [0.2, 0.25) is 0 Å². The van der Waals surface area contributed by atoms with E-state index in [9.17, 15) is 5.11 Å². The second-order valence-electron chi connectivity index (χ2n) is 5.49. The largest absolute Gasteiger partial charge is 0.496 e. The molecule has 2 rings (SSSR count). The van der Waals surface area contributed by atoms with E-state index in [1.807, 2.05) is 25.1 Å². The molecule has 0 radical (unpaired) electrons. The van der Waals surface area contributed by atoms with Crippen LogP contribution in [0.3, 0.4) is 0 Å². The standard InChI is InChI=1S/C16H25NO2/c1-12-7-8-16(19-2)14(11-12)15(18)9-10-17-13-5-3-4-6-13/h7-8,11,13,15,17-18H,3-6,9-10H2,1-2H3. The van der Waals surface area contributed by atoms with Crippen molar-refractivity contribution in [1.29, 1.82) is 0 Å². The van der Waals surface area contributed by atoms with Gasteiger partial charge in [0, 0.05) is 11.6 Å². The Hall–Kier alpha value is -1.06. The highest BCUT2D eigenvalue weighted by Gasteiger charge is 2.16. The molecule has 0 amide bonds. The first-order valence-corrected chi connectivity index (χ1v) is 7.26. The van der Waals surface area contributed by atoms with Crippen molar-refractivity contribution in [3.05, 3.63) is 29.3 Å². The summed E-state index contributed by atoms with van der Waals surface area (Å²) in [5, 5.41) is 13.8. The molecule has 1 aliphatic carbocycles. The van der Waals surface area contributed by atoms with Crippen molar-refractivity contribution < 1.29 is 9.84 Å². The van der Waals surface area contributed by atoms with Gasteiger partial charge in [-0.3, -0.25) is 0 Å². The van der Waals surface area contributed by atoms with E-state index in [1.165, 1.54) is 25.7 Å².